The standard InChI is InChI=1S/C29H35N3O4S.C24H27N3O3S/c1-21-9-14-30(15-10-21)29(33)22-7-8-27-25(19-22)26-20-31(23-12-17-36-18-13-23)16-11-28(26)32(27)37(34,35)24-5-3-2-4-6-24;1-17-10-13-26(14-11-17)24(28)18-7-8-22-20(15-18)21-16-25-12-9-23(21)27(22)31(29,30)19-5-3-2-4-6-19/h2-8,19,21,23H,9-18,20H2,1H3;2-8,15,17,25H,9-14,16H2,1H3. The normalized spacial score (nSPS) is 19.1. The quantitative estimate of drug-likeness (QED) is 0.171. The van der Waals surface area contributed by atoms with Crippen LogP contribution in [0, 0.1) is 11.8 Å². The van der Waals surface area contributed by atoms with E-state index >= 15 is 0 Å². The number of nitrogens with zero attached hydrogens (tertiary/aromatic N) is 5. The molecule has 3 fully saturated rings. The zero-order valence-corrected chi connectivity index (χ0v) is 40.7. The second-order valence-corrected chi connectivity index (χ2v) is 23.0. The van der Waals surface area contributed by atoms with E-state index in [1.165, 1.54) is 3.97 Å². The van der Waals surface area contributed by atoms with Gasteiger partial charge in [-0.05, 0) is 122 Å². The molecule has 4 aromatic carbocycles. The SMILES string of the molecule is CC1CCN(C(=O)c2ccc3c(c2)c2c(n3S(=O)(=O)c3ccccc3)CCN(C3CCOCC3)C2)CC1.CC1CCN(C(=O)c2ccc3c(c2)c2c(n3S(=O)(=O)c3ccccc3)CCNC2)CC1. The maximum absolute atomic E-state index is 13.9. The van der Waals surface area contributed by atoms with Crippen LogP contribution in [-0.4, -0.2) is 110 Å². The van der Waals surface area contributed by atoms with Crippen molar-refractivity contribution in [1.82, 2.24) is 28.0 Å². The molecule has 5 aliphatic rings. The second kappa shape index (κ2) is 19.2. The van der Waals surface area contributed by atoms with Gasteiger partial charge < -0.3 is 19.9 Å². The van der Waals surface area contributed by atoms with Gasteiger partial charge in [-0.1, -0.05) is 50.2 Å². The minimum absolute atomic E-state index is 0.0324. The number of rotatable bonds is 7. The first-order valence-electron chi connectivity index (χ1n) is 24.4. The molecule has 3 saturated heterocycles. The van der Waals surface area contributed by atoms with Crippen molar-refractivity contribution in [3.63, 3.8) is 0 Å². The van der Waals surface area contributed by atoms with E-state index in [9.17, 15) is 26.4 Å². The van der Waals surface area contributed by atoms with E-state index < -0.39 is 20.0 Å². The van der Waals surface area contributed by atoms with Gasteiger partial charge in [-0.15, -0.1) is 0 Å². The van der Waals surface area contributed by atoms with Gasteiger partial charge in [0, 0.05) is 118 Å². The Kier molecular flexibility index (Phi) is 13.1. The Morgan fingerprint density at radius 1 is 0.574 bits per heavy atom. The number of carbonyl (C=O) groups is 2. The van der Waals surface area contributed by atoms with Gasteiger partial charge in [0.2, 0.25) is 0 Å². The summed E-state index contributed by atoms with van der Waals surface area (Å²) in [7, 11) is -7.51. The summed E-state index contributed by atoms with van der Waals surface area (Å²) >= 11 is 0. The number of piperidine rings is 2. The summed E-state index contributed by atoms with van der Waals surface area (Å²) in [4.78, 5) is 33.5. The highest BCUT2D eigenvalue weighted by molar-refractivity contribution is 7.90. The topological polar surface area (TPSA) is 143 Å². The molecule has 11 rings (SSSR count). The first-order valence-corrected chi connectivity index (χ1v) is 27.3. The van der Waals surface area contributed by atoms with Crippen LogP contribution >= 0.6 is 0 Å². The molecule has 13 nitrogen and oxygen atoms in total. The molecule has 0 saturated carbocycles. The number of carbonyl (C=O) groups excluding carboxylic acids is 2. The van der Waals surface area contributed by atoms with Crippen molar-refractivity contribution in [2.75, 3.05) is 52.5 Å². The molecule has 2 amide bonds. The minimum atomic E-state index is -3.78. The van der Waals surface area contributed by atoms with Crippen LogP contribution in [0.5, 0.6) is 0 Å². The van der Waals surface area contributed by atoms with Crippen molar-refractivity contribution < 1.29 is 31.2 Å². The lowest BCUT2D eigenvalue weighted by Gasteiger charge is -2.37. The van der Waals surface area contributed by atoms with E-state index in [-0.39, 0.29) is 21.6 Å². The highest BCUT2D eigenvalue weighted by Gasteiger charge is 2.35. The Balaban J connectivity index is 0.000000161. The van der Waals surface area contributed by atoms with E-state index in [2.05, 4.69) is 24.1 Å². The average Bonchev–Trinajstić information content (AvgIpc) is 3.90. The number of aromatic nitrogens is 2. The van der Waals surface area contributed by atoms with Gasteiger partial charge in [0.05, 0.1) is 20.8 Å². The molecule has 5 aliphatic heterocycles. The number of amides is 2. The third kappa shape index (κ3) is 8.80. The molecule has 15 heteroatoms. The van der Waals surface area contributed by atoms with Crippen molar-refractivity contribution in [2.24, 2.45) is 11.8 Å². The van der Waals surface area contributed by atoms with Crippen LogP contribution in [0.1, 0.15) is 95.6 Å². The number of ether oxygens (including phenoxy) is 1. The van der Waals surface area contributed by atoms with Gasteiger partial charge >= 0.3 is 0 Å². The second-order valence-electron chi connectivity index (χ2n) is 19.4. The zero-order chi connectivity index (χ0) is 47.2. The Morgan fingerprint density at radius 2 is 1.04 bits per heavy atom. The summed E-state index contributed by atoms with van der Waals surface area (Å²) < 4.78 is 63.5. The fourth-order valence-electron chi connectivity index (χ4n) is 10.9. The van der Waals surface area contributed by atoms with Crippen molar-refractivity contribution in [3.8, 4) is 0 Å². The van der Waals surface area contributed by atoms with Crippen LogP contribution in [-0.2, 0) is 50.7 Å². The van der Waals surface area contributed by atoms with Crippen LogP contribution in [0.3, 0.4) is 0 Å². The summed E-state index contributed by atoms with van der Waals surface area (Å²) in [5.41, 5.74) is 6.24. The van der Waals surface area contributed by atoms with E-state index in [4.69, 9.17) is 4.74 Å². The lowest BCUT2D eigenvalue weighted by atomic mass is 9.97. The van der Waals surface area contributed by atoms with Crippen LogP contribution in [0.2, 0.25) is 0 Å². The number of nitrogens with one attached hydrogen (secondary N) is 1. The third-order valence-electron chi connectivity index (χ3n) is 15.0. The summed E-state index contributed by atoms with van der Waals surface area (Å²) in [5, 5.41) is 5.07. The Labute approximate surface area is 400 Å². The minimum Gasteiger partial charge on any atom is -0.381 e. The molecule has 0 unspecified atom stereocenters. The van der Waals surface area contributed by atoms with Gasteiger partial charge in [0.25, 0.3) is 31.9 Å². The number of hydrogen-bond donors (Lipinski definition) is 1. The van der Waals surface area contributed by atoms with Crippen LogP contribution in [0.15, 0.2) is 107 Å². The summed E-state index contributed by atoms with van der Waals surface area (Å²) in [6, 6.07) is 28.7. The number of benzene rings is 4. The monoisotopic (exact) mass is 958 g/mol. The Morgan fingerprint density at radius 3 is 1.54 bits per heavy atom. The maximum atomic E-state index is 13.9. The summed E-state index contributed by atoms with van der Waals surface area (Å²) in [6.45, 7) is 11.9. The largest absolute Gasteiger partial charge is 0.381 e. The first kappa shape index (κ1) is 46.4. The van der Waals surface area contributed by atoms with Crippen molar-refractivity contribution in [2.45, 2.75) is 94.1 Å². The fourth-order valence-corrected chi connectivity index (χ4v) is 14.2. The lowest BCUT2D eigenvalue weighted by molar-refractivity contribution is 0.0290. The lowest BCUT2D eigenvalue weighted by Crippen LogP contribution is -2.42. The molecule has 1 N–H and O–H groups in total. The van der Waals surface area contributed by atoms with Crippen LogP contribution in [0.25, 0.3) is 21.8 Å². The predicted octanol–water partition coefficient (Wildman–Crippen LogP) is 7.68. The molecule has 358 valence electrons. The third-order valence-corrected chi connectivity index (χ3v) is 18.5. The smallest absolute Gasteiger partial charge is 0.268 e. The molecule has 0 atom stereocenters. The fraction of sp³-hybridized carbons (Fsp3) is 0.434. The van der Waals surface area contributed by atoms with E-state index in [0.717, 1.165) is 124 Å². The summed E-state index contributed by atoms with van der Waals surface area (Å²) in [5.74, 6) is 1.37. The van der Waals surface area contributed by atoms with Crippen LogP contribution < -0.4 is 5.32 Å². The molecule has 6 aromatic rings. The van der Waals surface area contributed by atoms with Gasteiger partial charge in [-0.2, -0.15) is 0 Å². The molecule has 0 radical (unpaired) electrons. The highest BCUT2D eigenvalue weighted by atomic mass is 32.2. The zero-order valence-electron chi connectivity index (χ0n) is 39.1. The Bertz CT molecular complexity index is 3060. The molecular formula is C53H62N6O7S2. The van der Waals surface area contributed by atoms with E-state index in [1.54, 1.807) is 70.7 Å². The summed E-state index contributed by atoms with van der Waals surface area (Å²) in [6.07, 6.45) is 7.37. The van der Waals surface area contributed by atoms with Crippen molar-refractivity contribution in [3.05, 3.63) is 131 Å². The molecule has 7 heterocycles. The highest BCUT2D eigenvalue weighted by Crippen LogP contribution is 2.37. The van der Waals surface area contributed by atoms with E-state index in [0.29, 0.717) is 66.0 Å². The van der Waals surface area contributed by atoms with Gasteiger partial charge in [-0.3, -0.25) is 14.5 Å². The van der Waals surface area contributed by atoms with Crippen molar-refractivity contribution >= 4 is 53.7 Å². The average molecular weight is 959 g/mol. The Hall–Kier alpha value is -5.32. The molecule has 0 spiro atoms. The predicted molar refractivity (Wildman–Crippen MR) is 264 cm³/mol. The number of hydrogen-bond acceptors (Lipinski definition) is 9. The van der Waals surface area contributed by atoms with Gasteiger partial charge in [-0.25, -0.2) is 24.8 Å². The molecule has 68 heavy (non-hydrogen) atoms. The molecule has 2 aromatic heterocycles. The molecule has 0 aliphatic carbocycles. The first-order chi connectivity index (χ1) is 32.9. The number of fused-ring (bicyclic) bond motifs is 6. The molecule has 0 bridgehead atoms. The van der Waals surface area contributed by atoms with Crippen molar-refractivity contribution in [1.29, 1.82) is 0 Å². The van der Waals surface area contributed by atoms with Crippen LogP contribution in [0.4, 0.5) is 0 Å². The number of likely N-dealkylation sites (tertiary alicyclic amines) is 2. The van der Waals surface area contributed by atoms with Gasteiger partial charge in [0.15, 0.2) is 0 Å². The maximum Gasteiger partial charge on any atom is 0.268 e. The molecular weight excluding hydrogens is 897 g/mol. The van der Waals surface area contributed by atoms with Gasteiger partial charge in [0.1, 0.15) is 0 Å². The van der Waals surface area contributed by atoms with E-state index in [1.807, 2.05) is 40.1 Å².